The number of rotatable bonds is 6. The molecule has 2 atom stereocenters. The number of para-hydroxylation sites is 1. The zero-order valence-electron chi connectivity index (χ0n) is 17.7. The van der Waals surface area contributed by atoms with Gasteiger partial charge in [0.25, 0.3) is 5.91 Å². The monoisotopic (exact) mass is 467 g/mol. The van der Waals surface area contributed by atoms with Gasteiger partial charge in [-0.25, -0.2) is 9.37 Å². The molecule has 1 saturated heterocycles. The Bertz CT molecular complexity index is 1190. The van der Waals surface area contributed by atoms with E-state index in [9.17, 15) is 14.0 Å². The highest BCUT2D eigenvalue weighted by molar-refractivity contribution is 7.22. The van der Waals surface area contributed by atoms with Crippen LogP contribution in [0.2, 0.25) is 0 Å². The van der Waals surface area contributed by atoms with Crippen LogP contribution in [0.3, 0.4) is 0 Å². The van der Waals surface area contributed by atoms with Crippen molar-refractivity contribution in [3.05, 3.63) is 54.3 Å². The number of benzene rings is 2. The molecule has 10 heteroatoms. The first-order valence-corrected chi connectivity index (χ1v) is 11.5. The van der Waals surface area contributed by atoms with Gasteiger partial charge >= 0.3 is 0 Å². The van der Waals surface area contributed by atoms with Crippen LogP contribution in [0.5, 0.6) is 0 Å². The molecule has 0 spiro atoms. The normalized spacial score (nSPS) is 20.3. The molecule has 2 unspecified atom stereocenters. The van der Waals surface area contributed by atoms with Crippen LogP contribution in [-0.4, -0.2) is 47.8 Å². The van der Waals surface area contributed by atoms with Gasteiger partial charge in [-0.2, -0.15) is 5.10 Å². The van der Waals surface area contributed by atoms with Crippen molar-refractivity contribution >= 4 is 49.9 Å². The minimum atomic E-state index is -0.839. The fourth-order valence-electron chi connectivity index (χ4n) is 4.06. The lowest BCUT2D eigenvalue weighted by Gasteiger charge is -2.22. The summed E-state index contributed by atoms with van der Waals surface area (Å²) >= 11 is 1.42. The van der Waals surface area contributed by atoms with Crippen molar-refractivity contribution in [2.75, 3.05) is 23.1 Å². The van der Waals surface area contributed by atoms with Crippen LogP contribution in [0.1, 0.15) is 19.3 Å². The quantitative estimate of drug-likeness (QED) is 0.601. The van der Waals surface area contributed by atoms with Gasteiger partial charge in [-0.05, 0) is 49.2 Å². The van der Waals surface area contributed by atoms with Crippen molar-refractivity contribution < 1.29 is 18.7 Å². The highest BCUT2D eigenvalue weighted by Crippen LogP contribution is 2.32. The Morgan fingerprint density at radius 3 is 2.70 bits per heavy atom. The first-order valence-electron chi connectivity index (χ1n) is 10.7. The summed E-state index contributed by atoms with van der Waals surface area (Å²) in [6, 6.07) is 12.4. The molecule has 3 aromatic rings. The average molecular weight is 468 g/mol. The van der Waals surface area contributed by atoms with Crippen LogP contribution < -0.4 is 15.6 Å². The van der Waals surface area contributed by atoms with E-state index < -0.39 is 17.8 Å². The summed E-state index contributed by atoms with van der Waals surface area (Å²) in [5.74, 6) is -1.37. The summed E-state index contributed by atoms with van der Waals surface area (Å²) in [5, 5.41) is 6.37. The Balaban J connectivity index is 1.49. The summed E-state index contributed by atoms with van der Waals surface area (Å²) in [5.41, 5.74) is 7.08. The maximum absolute atomic E-state index is 13.7. The fourth-order valence-corrected chi connectivity index (χ4v) is 5.04. The van der Waals surface area contributed by atoms with Crippen LogP contribution in [-0.2, 0) is 14.3 Å². The van der Waals surface area contributed by atoms with E-state index in [1.54, 1.807) is 4.90 Å². The molecule has 2 amide bonds. The second-order valence-corrected chi connectivity index (χ2v) is 9.01. The van der Waals surface area contributed by atoms with Gasteiger partial charge in [0.2, 0.25) is 5.91 Å². The number of ether oxygens (including phenoxy) is 1. The molecular formula is C23H22FN5O3S. The largest absolute Gasteiger partial charge is 0.376 e. The van der Waals surface area contributed by atoms with E-state index in [1.807, 2.05) is 24.3 Å². The second-order valence-electron chi connectivity index (χ2n) is 8.00. The number of nitrogens with zero attached hydrogens (tertiary/aromatic N) is 4. The molecule has 2 aliphatic rings. The third-order valence-electron chi connectivity index (χ3n) is 5.75. The maximum Gasteiger partial charge on any atom is 0.276 e. The third-order valence-corrected chi connectivity index (χ3v) is 6.81. The smallest absolute Gasteiger partial charge is 0.276 e. The first kappa shape index (κ1) is 21.5. The SMILES string of the molecule is NC(=O)C1CC(C(=O)N(CC2CCCO2)c2nc3ccccc3s2)=NN1c1ccc(F)cc1. The number of anilines is 2. The number of primary amides is 1. The Labute approximate surface area is 193 Å². The highest BCUT2D eigenvalue weighted by Gasteiger charge is 2.38. The highest BCUT2D eigenvalue weighted by atomic mass is 32.1. The molecule has 33 heavy (non-hydrogen) atoms. The Hall–Kier alpha value is -3.37. The van der Waals surface area contributed by atoms with E-state index in [-0.39, 0.29) is 24.1 Å². The number of hydrogen-bond acceptors (Lipinski definition) is 7. The molecule has 0 aliphatic carbocycles. The number of carbonyl (C=O) groups is 2. The average Bonchev–Trinajstić information content (AvgIpc) is 3.56. The number of fused-ring (bicyclic) bond motifs is 1. The Kier molecular flexibility index (Phi) is 5.77. The Morgan fingerprint density at radius 2 is 2.00 bits per heavy atom. The van der Waals surface area contributed by atoms with E-state index in [2.05, 4.69) is 10.1 Å². The number of hydrazone groups is 1. The Morgan fingerprint density at radius 1 is 1.21 bits per heavy atom. The van der Waals surface area contributed by atoms with Gasteiger partial charge in [0.1, 0.15) is 17.6 Å². The fraction of sp³-hybridized carbons (Fsp3) is 0.304. The van der Waals surface area contributed by atoms with E-state index >= 15 is 0 Å². The minimum absolute atomic E-state index is 0.0540. The van der Waals surface area contributed by atoms with Crippen molar-refractivity contribution in [3.8, 4) is 0 Å². The molecule has 170 valence electrons. The van der Waals surface area contributed by atoms with Gasteiger partial charge in [0, 0.05) is 13.0 Å². The summed E-state index contributed by atoms with van der Waals surface area (Å²) in [7, 11) is 0. The van der Waals surface area contributed by atoms with Gasteiger partial charge in [-0.15, -0.1) is 0 Å². The zero-order valence-corrected chi connectivity index (χ0v) is 18.5. The maximum atomic E-state index is 13.7. The molecule has 2 aliphatic heterocycles. The summed E-state index contributed by atoms with van der Waals surface area (Å²) in [4.78, 5) is 32.1. The zero-order chi connectivity index (χ0) is 22.9. The number of thiazole rings is 1. The number of aromatic nitrogens is 1. The van der Waals surface area contributed by atoms with Crippen molar-refractivity contribution in [2.24, 2.45) is 10.8 Å². The lowest BCUT2D eigenvalue weighted by atomic mass is 10.1. The number of nitrogens with two attached hydrogens (primary N) is 1. The topological polar surface area (TPSA) is 101 Å². The molecular weight excluding hydrogens is 445 g/mol. The van der Waals surface area contributed by atoms with Gasteiger partial charge < -0.3 is 10.5 Å². The third kappa shape index (κ3) is 4.31. The molecule has 2 aromatic carbocycles. The first-order chi connectivity index (χ1) is 16.0. The molecule has 0 bridgehead atoms. The van der Waals surface area contributed by atoms with Gasteiger partial charge in [0.15, 0.2) is 5.13 Å². The summed E-state index contributed by atoms with van der Waals surface area (Å²) in [6.07, 6.45) is 1.75. The molecule has 5 rings (SSSR count). The van der Waals surface area contributed by atoms with Crippen molar-refractivity contribution in [3.63, 3.8) is 0 Å². The lowest BCUT2D eigenvalue weighted by molar-refractivity contribution is -0.119. The number of carbonyl (C=O) groups excluding carboxylic acids is 2. The molecule has 2 N–H and O–H groups in total. The number of halogens is 1. The van der Waals surface area contributed by atoms with Crippen molar-refractivity contribution in [1.82, 2.24) is 4.98 Å². The van der Waals surface area contributed by atoms with Crippen molar-refractivity contribution in [2.45, 2.75) is 31.4 Å². The van der Waals surface area contributed by atoms with Gasteiger partial charge in [-0.1, -0.05) is 23.5 Å². The predicted octanol–water partition coefficient (Wildman–Crippen LogP) is 3.07. The molecule has 1 fully saturated rings. The molecule has 8 nitrogen and oxygen atoms in total. The van der Waals surface area contributed by atoms with Crippen LogP contribution in [0.4, 0.5) is 15.2 Å². The van der Waals surface area contributed by atoms with E-state index in [0.717, 1.165) is 23.1 Å². The van der Waals surface area contributed by atoms with E-state index in [0.29, 0.717) is 24.0 Å². The number of amides is 2. The van der Waals surface area contributed by atoms with Crippen LogP contribution in [0, 0.1) is 5.82 Å². The predicted molar refractivity (Wildman–Crippen MR) is 125 cm³/mol. The minimum Gasteiger partial charge on any atom is -0.376 e. The van der Waals surface area contributed by atoms with Gasteiger partial charge in [-0.3, -0.25) is 19.5 Å². The molecule has 1 aromatic heterocycles. The van der Waals surface area contributed by atoms with Gasteiger partial charge in [0.05, 0.1) is 28.6 Å². The van der Waals surface area contributed by atoms with E-state index in [1.165, 1.54) is 40.6 Å². The molecule has 0 radical (unpaired) electrons. The second kappa shape index (κ2) is 8.87. The van der Waals surface area contributed by atoms with Crippen molar-refractivity contribution in [1.29, 1.82) is 0 Å². The number of hydrogen-bond donors (Lipinski definition) is 1. The summed E-state index contributed by atoms with van der Waals surface area (Å²) < 4.78 is 20.1. The lowest BCUT2D eigenvalue weighted by Crippen LogP contribution is -2.42. The van der Waals surface area contributed by atoms with E-state index in [4.69, 9.17) is 10.5 Å². The summed E-state index contributed by atoms with van der Waals surface area (Å²) in [6.45, 7) is 1.01. The molecule has 3 heterocycles. The van der Waals surface area contributed by atoms with Crippen LogP contribution in [0.15, 0.2) is 53.6 Å². The molecule has 0 saturated carbocycles. The van der Waals surface area contributed by atoms with Crippen LogP contribution in [0.25, 0.3) is 10.2 Å². The standard InChI is InChI=1S/C23H22FN5O3S/c24-14-7-9-15(10-8-14)29-19(21(25)30)12-18(27-29)22(31)28(13-16-4-3-11-32-16)23-26-17-5-1-2-6-20(17)33-23/h1-2,5-10,16,19H,3-4,11-13H2,(H2,25,30). The van der Waals surface area contributed by atoms with Crippen LogP contribution >= 0.6 is 11.3 Å².